The Bertz CT molecular complexity index is 837. The summed E-state index contributed by atoms with van der Waals surface area (Å²) < 4.78 is 26.9. The molecule has 0 spiro atoms. The minimum atomic E-state index is -4.00. The summed E-state index contributed by atoms with van der Waals surface area (Å²) >= 11 is 14.0. The van der Waals surface area contributed by atoms with Crippen LogP contribution >= 0.6 is 39.7 Å². The molecule has 0 aliphatic rings. The molecule has 0 aromatic heterocycles. The quantitative estimate of drug-likeness (QED) is 0.727. The molecule has 2 rings (SSSR count). The molecule has 2 aromatic rings. The van der Waals surface area contributed by atoms with E-state index in [1.165, 1.54) is 24.3 Å². The Hall–Kier alpha value is -1.48. The molecule has 0 unspecified atom stereocenters. The van der Waals surface area contributed by atoms with Gasteiger partial charge in [0, 0.05) is 15.1 Å². The van der Waals surface area contributed by atoms with Crippen LogP contribution in [0.1, 0.15) is 5.56 Å². The van der Waals surface area contributed by atoms with Crippen LogP contribution in [0.25, 0.3) is 0 Å². The van der Waals surface area contributed by atoms with Crippen molar-refractivity contribution in [2.45, 2.75) is 4.90 Å². The summed E-state index contributed by atoms with van der Waals surface area (Å²) in [6.07, 6.45) is 0. The number of rotatable bonds is 3. The van der Waals surface area contributed by atoms with E-state index in [4.69, 9.17) is 23.8 Å². The zero-order valence-electron chi connectivity index (χ0n) is 11.4. The van der Waals surface area contributed by atoms with Gasteiger partial charge in [-0.3, -0.25) is 5.32 Å². The summed E-state index contributed by atoms with van der Waals surface area (Å²) in [6.45, 7) is 0. The first kappa shape index (κ1) is 17.9. The monoisotopic (exact) mass is 432 g/mol. The Morgan fingerprint density at radius 3 is 2.17 bits per heavy atom. The Balaban J connectivity index is 2.05. The van der Waals surface area contributed by atoms with Gasteiger partial charge in [-0.1, -0.05) is 51.9 Å². The van der Waals surface area contributed by atoms with Crippen LogP contribution in [0.4, 0.5) is 4.79 Å². The van der Waals surface area contributed by atoms with Crippen LogP contribution in [0.2, 0.25) is 5.02 Å². The molecular formula is C14H10BrClN2O3S2. The van der Waals surface area contributed by atoms with Gasteiger partial charge in [-0.25, -0.2) is 17.9 Å². The fourth-order valence-electron chi connectivity index (χ4n) is 1.60. The van der Waals surface area contributed by atoms with Gasteiger partial charge in [0.1, 0.15) is 4.99 Å². The molecule has 2 amide bonds. The Labute approximate surface area is 152 Å². The van der Waals surface area contributed by atoms with Crippen molar-refractivity contribution in [3.8, 4) is 0 Å². The lowest BCUT2D eigenvalue weighted by Gasteiger charge is -2.09. The van der Waals surface area contributed by atoms with E-state index in [0.717, 1.165) is 4.47 Å². The third-order valence-electron chi connectivity index (χ3n) is 2.68. The number of hydrogen-bond acceptors (Lipinski definition) is 4. The second kappa shape index (κ2) is 7.39. The van der Waals surface area contributed by atoms with E-state index in [2.05, 4.69) is 21.2 Å². The van der Waals surface area contributed by atoms with Crippen molar-refractivity contribution >= 4 is 60.8 Å². The number of carbonyl (C=O) groups excluding carboxylic acids is 1. The molecule has 23 heavy (non-hydrogen) atoms. The van der Waals surface area contributed by atoms with Crippen LogP contribution < -0.4 is 10.0 Å². The molecule has 0 fully saturated rings. The molecule has 0 saturated carbocycles. The molecule has 0 heterocycles. The molecule has 0 bridgehead atoms. The van der Waals surface area contributed by atoms with Crippen molar-refractivity contribution in [1.82, 2.24) is 10.0 Å². The second-order valence-electron chi connectivity index (χ2n) is 4.35. The van der Waals surface area contributed by atoms with E-state index in [1.807, 2.05) is 4.72 Å². The van der Waals surface area contributed by atoms with Crippen LogP contribution in [0, 0.1) is 0 Å². The van der Waals surface area contributed by atoms with E-state index in [0.29, 0.717) is 10.6 Å². The first-order chi connectivity index (χ1) is 10.8. The number of sulfonamides is 1. The largest absolute Gasteiger partial charge is 0.333 e. The first-order valence-corrected chi connectivity index (χ1v) is 9.23. The van der Waals surface area contributed by atoms with Gasteiger partial charge in [0.25, 0.3) is 10.0 Å². The molecule has 0 saturated heterocycles. The lowest BCUT2D eigenvalue weighted by atomic mass is 10.2. The minimum absolute atomic E-state index is 0.0772. The Morgan fingerprint density at radius 2 is 1.61 bits per heavy atom. The highest BCUT2D eigenvalue weighted by molar-refractivity contribution is 9.10. The van der Waals surface area contributed by atoms with Gasteiger partial charge in [0.2, 0.25) is 0 Å². The van der Waals surface area contributed by atoms with Crippen molar-refractivity contribution in [3.05, 3.63) is 63.6 Å². The van der Waals surface area contributed by atoms with Crippen LogP contribution in [0.5, 0.6) is 0 Å². The molecule has 0 aliphatic carbocycles. The van der Waals surface area contributed by atoms with Crippen molar-refractivity contribution in [2.75, 3.05) is 0 Å². The van der Waals surface area contributed by atoms with Gasteiger partial charge >= 0.3 is 6.03 Å². The van der Waals surface area contributed by atoms with E-state index < -0.39 is 16.1 Å². The normalized spacial score (nSPS) is 10.9. The van der Waals surface area contributed by atoms with E-state index in [1.54, 1.807) is 24.3 Å². The highest BCUT2D eigenvalue weighted by Gasteiger charge is 2.18. The Morgan fingerprint density at radius 1 is 1.04 bits per heavy atom. The van der Waals surface area contributed by atoms with Crippen LogP contribution in [0.3, 0.4) is 0 Å². The third-order valence-corrected chi connectivity index (χ3v) is 5.15. The van der Waals surface area contributed by atoms with E-state index >= 15 is 0 Å². The minimum Gasteiger partial charge on any atom is -0.297 e. The highest BCUT2D eigenvalue weighted by atomic mass is 79.9. The predicted octanol–water partition coefficient (Wildman–Crippen LogP) is 3.47. The van der Waals surface area contributed by atoms with Crippen LogP contribution in [-0.4, -0.2) is 19.4 Å². The highest BCUT2D eigenvalue weighted by Crippen LogP contribution is 2.14. The maximum Gasteiger partial charge on any atom is 0.333 e. The maximum absolute atomic E-state index is 12.1. The standard InChI is InChI=1S/C14H10BrClN2O3S2/c15-10-3-1-9(2-4-10)13(22)17-14(19)18-23(20,21)12-7-5-11(16)6-8-12/h1-8H,(H2,17,18,19,22). The molecule has 5 nitrogen and oxygen atoms in total. The van der Waals surface area contributed by atoms with Gasteiger partial charge in [-0.2, -0.15) is 0 Å². The lowest BCUT2D eigenvalue weighted by molar-refractivity contribution is 0.250. The van der Waals surface area contributed by atoms with Crippen molar-refractivity contribution < 1.29 is 13.2 Å². The fraction of sp³-hybridized carbons (Fsp3) is 0. The van der Waals surface area contributed by atoms with Gasteiger partial charge in [0.15, 0.2) is 0 Å². The number of thiocarbonyl (C=S) groups is 1. The van der Waals surface area contributed by atoms with Gasteiger partial charge < -0.3 is 0 Å². The molecule has 0 aliphatic heterocycles. The number of amides is 2. The molecule has 9 heteroatoms. The molecule has 0 radical (unpaired) electrons. The number of urea groups is 1. The zero-order valence-corrected chi connectivity index (χ0v) is 15.4. The second-order valence-corrected chi connectivity index (χ2v) is 7.79. The molecular weight excluding hydrogens is 424 g/mol. The van der Waals surface area contributed by atoms with E-state index in [9.17, 15) is 13.2 Å². The first-order valence-electron chi connectivity index (χ1n) is 6.17. The average Bonchev–Trinajstić information content (AvgIpc) is 2.47. The molecule has 120 valence electrons. The van der Waals surface area contributed by atoms with Crippen molar-refractivity contribution in [1.29, 1.82) is 0 Å². The SMILES string of the molecule is O=C(NC(=S)c1ccc(Br)cc1)NS(=O)(=O)c1ccc(Cl)cc1. The molecule has 2 N–H and O–H groups in total. The summed E-state index contributed by atoms with van der Waals surface area (Å²) in [5.41, 5.74) is 0.585. The van der Waals surface area contributed by atoms with Crippen LogP contribution in [-0.2, 0) is 10.0 Å². The maximum atomic E-state index is 12.1. The van der Waals surface area contributed by atoms with E-state index in [-0.39, 0.29) is 9.88 Å². The van der Waals surface area contributed by atoms with Gasteiger partial charge in [0.05, 0.1) is 4.90 Å². The van der Waals surface area contributed by atoms with Crippen LogP contribution in [0.15, 0.2) is 57.9 Å². The Kier molecular flexibility index (Phi) is 5.74. The average molecular weight is 434 g/mol. The van der Waals surface area contributed by atoms with Gasteiger partial charge in [-0.15, -0.1) is 0 Å². The predicted molar refractivity (Wildman–Crippen MR) is 96.1 cm³/mol. The fourth-order valence-corrected chi connectivity index (χ4v) is 3.12. The summed E-state index contributed by atoms with van der Waals surface area (Å²) in [5.74, 6) is 0. The number of nitrogens with one attached hydrogen (secondary N) is 2. The number of benzene rings is 2. The number of carbonyl (C=O) groups is 1. The number of hydrogen-bond donors (Lipinski definition) is 2. The van der Waals surface area contributed by atoms with Gasteiger partial charge in [-0.05, 0) is 36.4 Å². The summed E-state index contributed by atoms with van der Waals surface area (Å²) in [5, 5.41) is 2.71. The summed E-state index contributed by atoms with van der Waals surface area (Å²) in [4.78, 5) is 11.9. The summed E-state index contributed by atoms with van der Waals surface area (Å²) in [7, 11) is -4.00. The number of halogens is 2. The topological polar surface area (TPSA) is 75.3 Å². The molecule has 0 atom stereocenters. The zero-order chi connectivity index (χ0) is 17.0. The lowest BCUT2D eigenvalue weighted by Crippen LogP contribution is -2.42. The van der Waals surface area contributed by atoms with Crippen molar-refractivity contribution in [3.63, 3.8) is 0 Å². The third kappa shape index (κ3) is 5.00. The van der Waals surface area contributed by atoms with Crippen molar-refractivity contribution in [2.24, 2.45) is 0 Å². The smallest absolute Gasteiger partial charge is 0.297 e. The molecule has 2 aromatic carbocycles. The summed E-state index contributed by atoms with van der Waals surface area (Å²) in [6, 6.07) is 11.4.